The number of benzene rings is 1. The lowest BCUT2D eigenvalue weighted by Crippen LogP contribution is -2.14. The number of carbonyl (C=O) groups excluding carboxylic acids is 1. The number of hydrogen-bond donors (Lipinski definition) is 1. The quantitative estimate of drug-likeness (QED) is 0.611. The van der Waals surface area contributed by atoms with Crippen molar-refractivity contribution in [3.05, 3.63) is 29.3 Å². The van der Waals surface area contributed by atoms with Gasteiger partial charge in [-0.1, -0.05) is 0 Å². The van der Waals surface area contributed by atoms with Crippen LogP contribution in [0.3, 0.4) is 0 Å². The zero-order valence-corrected chi connectivity index (χ0v) is 10.4. The van der Waals surface area contributed by atoms with Crippen LogP contribution in [-0.2, 0) is 16.0 Å². The molecule has 94 valence electrons. The van der Waals surface area contributed by atoms with Gasteiger partial charge in [-0.15, -0.1) is 0 Å². The molecule has 0 fully saturated rings. The topological polar surface area (TPSA) is 64.8 Å². The van der Waals surface area contributed by atoms with E-state index in [1.165, 1.54) is 7.11 Å². The summed E-state index contributed by atoms with van der Waals surface area (Å²) >= 11 is 0. The maximum absolute atomic E-state index is 11.4. The summed E-state index contributed by atoms with van der Waals surface area (Å²) in [5.74, 6) is 4.68. The molecule has 0 saturated carbocycles. The minimum atomic E-state index is -0.342. The highest BCUT2D eigenvalue weighted by Crippen LogP contribution is 2.21. The van der Waals surface area contributed by atoms with Crippen molar-refractivity contribution in [3.63, 3.8) is 0 Å². The standard InChI is InChI=1S/C12H18N2O3/c1-14(2)11-5-4-10(12(15)16-3)8-9(11)6-7-17-13/h4-5,8H,6-7,13H2,1-3H3. The van der Waals surface area contributed by atoms with Gasteiger partial charge in [-0.25, -0.2) is 10.7 Å². The van der Waals surface area contributed by atoms with Crippen LogP contribution < -0.4 is 10.8 Å². The molecule has 1 aromatic carbocycles. The number of esters is 1. The molecule has 0 unspecified atom stereocenters. The Morgan fingerprint density at radius 2 is 2.12 bits per heavy atom. The lowest BCUT2D eigenvalue weighted by molar-refractivity contribution is 0.0600. The van der Waals surface area contributed by atoms with Crippen molar-refractivity contribution in [2.24, 2.45) is 5.90 Å². The molecule has 0 aliphatic rings. The molecule has 0 aliphatic heterocycles. The van der Waals surface area contributed by atoms with Crippen LogP contribution in [0.15, 0.2) is 18.2 Å². The van der Waals surface area contributed by atoms with Crippen LogP contribution >= 0.6 is 0 Å². The maximum atomic E-state index is 11.4. The summed E-state index contributed by atoms with van der Waals surface area (Å²) in [6.45, 7) is 0.408. The van der Waals surface area contributed by atoms with Gasteiger partial charge in [0.15, 0.2) is 0 Å². The molecule has 0 radical (unpaired) electrons. The van der Waals surface area contributed by atoms with Gasteiger partial charge < -0.3 is 14.5 Å². The number of hydrogen-bond acceptors (Lipinski definition) is 5. The summed E-state index contributed by atoms with van der Waals surface area (Å²) in [5, 5.41) is 0. The normalized spacial score (nSPS) is 10.1. The Bertz CT molecular complexity index is 391. The van der Waals surface area contributed by atoms with Crippen molar-refractivity contribution in [3.8, 4) is 0 Å². The Morgan fingerprint density at radius 1 is 1.41 bits per heavy atom. The SMILES string of the molecule is COC(=O)c1ccc(N(C)C)c(CCON)c1. The van der Waals surface area contributed by atoms with Gasteiger partial charge >= 0.3 is 5.97 Å². The summed E-state index contributed by atoms with van der Waals surface area (Å²) in [6.07, 6.45) is 0.648. The second-order valence-corrected chi connectivity index (χ2v) is 3.85. The number of nitrogens with zero attached hydrogens (tertiary/aromatic N) is 1. The largest absolute Gasteiger partial charge is 0.465 e. The molecule has 0 heterocycles. The summed E-state index contributed by atoms with van der Waals surface area (Å²) in [5.41, 5.74) is 2.57. The van der Waals surface area contributed by atoms with Gasteiger partial charge in [-0.2, -0.15) is 0 Å². The van der Waals surface area contributed by atoms with Crippen LogP contribution in [0.4, 0.5) is 5.69 Å². The Balaban J connectivity index is 3.05. The molecule has 1 aromatic rings. The van der Waals surface area contributed by atoms with Gasteiger partial charge in [0.2, 0.25) is 0 Å². The van der Waals surface area contributed by atoms with E-state index in [1.54, 1.807) is 12.1 Å². The van der Waals surface area contributed by atoms with Gasteiger partial charge in [0.05, 0.1) is 19.3 Å². The highest BCUT2D eigenvalue weighted by atomic mass is 16.6. The van der Waals surface area contributed by atoms with Crippen LogP contribution in [0.2, 0.25) is 0 Å². The lowest BCUT2D eigenvalue weighted by atomic mass is 10.1. The van der Waals surface area contributed by atoms with Crippen molar-refractivity contribution >= 4 is 11.7 Å². The van der Waals surface area contributed by atoms with E-state index in [1.807, 2.05) is 25.1 Å². The van der Waals surface area contributed by atoms with Gasteiger partial charge in [0.25, 0.3) is 0 Å². The van der Waals surface area contributed by atoms with E-state index in [-0.39, 0.29) is 5.97 Å². The first kappa shape index (κ1) is 13.5. The van der Waals surface area contributed by atoms with Crippen molar-refractivity contribution < 1.29 is 14.4 Å². The smallest absolute Gasteiger partial charge is 0.337 e. The molecule has 0 aliphatic carbocycles. The van der Waals surface area contributed by atoms with Crippen molar-refractivity contribution in [2.45, 2.75) is 6.42 Å². The van der Waals surface area contributed by atoms with Gasteiger partial charge in [-0.3, -0.25) is 0 Å². The van der Waals surface area contributed by atoms with E-state index in [9.17, 15) is 4.79 Å². The number of methoxy groups -OCH3 is 1. The zero-order chi connectivity index (χ0) is 12.8. The second-order valence-electron chi connectivity index (χ2n) is 3.85. The number of carbonyl (C=O) groups is 1. The van der Waals surface area contributed by atoms with Crippen molar-refractivity contribution in [2.75, 3.05) is 32.7 Å². The highest BCUT2D eigenvalue weighted by Gasteiger charge is 2.10. The summed E-state index contributed by atoms with van der Waals surface area (Å²) in [6, 6.07) is 5.44. The van der Waals surface area contributed by atoms with E-state index in [0.29, 0.717) is 18.6 Å². The molecule has 0 amide bonds. The predicted octanol–water partition coefficient (Wildman–Crippen LogP) is 0.972. The van der Waals surface area contributed by atoms with E-state index >= 15 is 0 Å². The Hall–Kier alpha value is -1.59. The van der Waals surface area contributed by atoms with Crippen LogP contribution in [0.5, 0.6) is 0 Å². The fourth-order valence-electron chi connectivity index (χ4n) is 1.64. The average Bonchev–Trinajstić information content (AvgIpc) is 2.34. The maximum Gasteiger partial charge on any atom is 0.337 e. The van der Waals surface area contributed by atoms with Gasteiger partial charge in [-0.05, 0) is 30.2 Å². The van der Waals surface area contributed by atoms with Crippen LogP contribution in [0, 0.1) is 0 Å². The van der Waals surface area contributed by atoms with Crippen LogP contribution in [0.1, 0.15) is 15.9 Å². The van der Waals surface area contributed by atoms with Gasteiger partial charge in [0.1, 0.15) is 0 Å². The number of anilines is 1. The first-order valence-corrected chi connectivity index (χ1v) is 5.30. The number of rotatable bonds is 5. The third-order valence-corrected chi connectivity index (χ3v) is 2.47. The molecular weight excluding hydrogens is 220 g/mol. The number of ether oxygens (including phenoxy) is 1. The molecule has 0 bridgehead atoms. The zero-order valence-electron chi connectivity index (χ0n) is 10.4. The first-order chi connectivity index (χ1) is 8.10. The molecular formula is C12H18N2O3. The monoisotopic (exact) mass is 238 g/mol. The molecule has 17 heavy (non-hydrogen) atoms. The third kappa shape index (κ3) is 3.44. The average molecular weight is 238 g/mol. The fourth-order valence-corrected chi connectivity index (χ4v) is 1.64. The van der Waals surface area contributed by atoms with E-state index in [2.05, 4.69) is 9.57 Å². The Morgan fingerprint density at radius 3 is 2.65 bits per heavy atom. The fraction of sp³-hybridized carbons (Fsp3) is 0.417. The predicted molar refractivity (Wildman–Crippen MR) is 66.0 cm³/mol. The molecule has 2 N–H and O–H groups in total. The number of nitrogens with two attached hydrogens (primary N) is 1. The van der Waals surface area contributed by atoms with Crippen LogP contribution in [-0.4, -0.2) is 33.8 Å². The molecule has 0 aromatic heterocycles. The third-order valence-electron chi connectivity index (χ3n) is 2.47. The molecule has 1 rings (SSSR count). The minimum Gasteiger partial charge on any atom is -0.465 e. The van der Waals surface area contributed by atoms with E-state index in [4.69, 9.17) is 5.90 Å². The minimum absolute atomic E-state index is 0.342. The van der Waals surface area contributed by atoms with E-state index in [0.717, 1.165) is 11.3 Å². The van der Waals surface area contributed by atoms with Gasteiger partial charge in [0, 0.05) is 19.8 Å². The van der Waals surface area contributed by atoms with Crippen LogP contribution in [0.25, 0.3) is 0 Å². The molecule has 0 atom stereocenters. The Labute approximate surface area is 101 Å². The first-order valence-electron chi connectivity index (χ1n) is 5.30. The summed E-state index contributed by atoms with van der Waals surface area (Å²) < 4.78 is 4.69. The summed E-state index contributed by atoms with van der Waals surface area (Å²) in [7, 11) is 5.25. The Kier molecular flexibility index (Phi) is 4.93. The van der Waals surface area contributed by atoms with Crippen molar-refractivity contribution in [1.29, 1.82) is 0 Å². The van der Waals surface area contributed by atoms with Crippen molar-refractivity contribution in [1.82, 2.24) is 0 Å². The molecule has 5 heteroatoms. The highest BCUT2D eigenvalue weighted by molar-refractivity contribution is 5.90. The molecule has 0 saturated heterocycles. The molecule has 5 nitrogen and oxygen atoms in total. The molecule has 0 spiro atoms. The van der Waals surface area contributed by atoms with E-state index < -0.39 is 0 Å². The second kappa shape index (κ2) is 6.22. The summed E-state index contributed by atoms with van der Waals surface area (Å²) in [4.78, 5) is 18.0. The lowest BCUT2D eigenvalue weighted by Gasteiger charge is -2.18.